The molecule has 1 amide bonds. The van der Waals surface area contributed by atoms with Crippen LogP contribution in [0.2, 0.25) is 0 Å². The van der Waals surface area contributed by atoms with E-state index in [0.29, 0.717) is 17.7 Å². The van der Waals surface area contributed by atoms with Gasteiger partial charge in [0.05, 0.1) is 22.4 Å². The molecule has 8 nitrogen and oxygen atoms in total. The van der Waals surface area contributed by atoms with Gasteiger partial charge in [0, 0.05) is 5.56 Å². The van der Waals surface area contributed by atoms with Gasteiger partial charge in [-0.25, -0.2) is 18.6 Å². The maximum atomic E-state index is 13.5. The van der Waals surface area contributed by atoms with E-state index in [-0.39, 0.29) is 10.5 Å². The topological polar surface area (TPSA) is 116 Å². The molecule has 0 aliphatic rings. The number of carboxylic acids is 1. The smallest absolute Gasteiger partial charge is 0.336 e. The summed E-state index contributed by atoms with van der Waals surface area (Å²) in [5.74, 6) is -1.80. The zero-order chi connectivity index (χ0) is 24.7. The van der Waals surface area contributed by atoms with Gasteiger partial charge in [-0.1, -0.05) is 61.0 Å². The number of sulfonamides is 1. The van der Waals surface area contributed by atoms with Crippen LogP contribution < -0.4 is 9.73 Å². The molecule has 9 heteroatoms. The first-order valence-electron chi connectivity index (χ1n) is 10.6. The zero-order valence-electron chi connectivity index (χ0n) is 18.8. The molecule has 0 aliphatic heterocycles. The first-order chi connectivity index (χ1) is 16.2. The van der Waals surface area contributed by atoms with Crippen molar-refractivity contribution in [2.75, 3.05) is 10.8 Å². The Bertz CT molecular complexity index is 1320. The monoisotopic (exact) mass is 479 g/mol. The molecule has 176 valence electrons. The maximum Gasteiger partial charge on any atom is 0.336 e. The first-order valence-corrected chi connectivity index (χ1v) is 12.0. The highest BCUT2D eigenvalue weighted by Gasteiger charge is 2.28. The average molecular weight is 480 g/mol. The fourth-order valence-electron chi connectivity index (χ4n) is 3.33. The molecule has 0 saturated heterocycles. The van der Waals surface area contributed by atoms with Crippen LogP contribution >= 0.6 is 0 Å². The van der Waals surface area contributed by atoms with Crippen molar-refractivity contribution in [1.82, 2.24) is 5.43 Å². The molecule has 0 aliphatic carbocycles. The highest BCUT2D eigenvalue weighted by molar-refractivity contribution is 7.92. The Balaban J connectivity index is 1.90. The van der Waals surface area contributed by atoms with Gasteiger partial charge in [-0.2, -0.15) is 5.10 Å². The SMILES string of the molecule is CCc1ccccc1N(CC(=O)N/N=C\c1ccccc1C(=O)O)S(=O)(=O)c1ccc(C)cc1. The second-order valence-electron chi connectivity index (χ2n) is 7.49. The molecule has 3 aromatic rings. The Morgan fingerprint density at radius 1 is 1.00 bits per heavy atom. The van der Waals surface area contributed by atoms with Crippen LogP contribution in [-0.4, -0.2) is 38.2 Å². The Kier molecular flexibility index (Phi) is 7.80. The number of benzene rings is 3. The third kappa shape index (κ3) is 5.68. The van der Waals surface area contributed by atoms with E-state index in [9.17, 15) is 23.1 Å². The second kappa shape index (κ2) is 10.8. The number of carboxylic acid groups (broad SMARTS) is 1. The highest BCUT2D eigenvalue weighted by Crippen LogP contribution is 2.27. The molecule has 3 aromatic carbocycles. The van der Waals surface area contributed by atoms with Gasteiger partial charge in [-0.05, 0) is 43.2 Å². The number of nitrogens with zero attached hydrogens (tertiary/aromatic N) is 2. The summed E-state index contributed by atoms with van der Waals surface area (Å²) < 4.78 is 28.1. The number of hydrazone groups is 1. The van der Waals surface area contributed by atoms with E-state index in [0.717, 1.165) is 15.4 Å². The molecule has 0 aromatic heterocycles. The summed E-state index contributed by atoms with van der Waals surface area (Å²) in [5.41, 5.74) is 4.71. The molecule has 0 spiro atoms. The van der Waals surface area contributed by atoms with Crippen LogP contribution in [-0.2, 0) is 21.2 Å². The highest BCUT2D eigenvalue weighted by atomic mass is 32.2. The van der Waals surface area contributed by atoms with Crippen LogP contribution in [0.15, 0.2) is 82.8 Å². The predicted molar refractivity (Wildman–Crippen MR) is 131 cm³/mol. The third-order valence-electron chi connectivity index (χ3n) is 5.12. The largest absolute Gasteiger partial charge is 0.478 e. The molecular formula is C25H25N3O5S. The van der Waals surface area contributed by atoms with Crippen molar-refractivity contribution in [3.8, 4) is 0 Å². The van der Waals surface area contributed by atoms with Crippen molar-refractivity contribution in [3.63, 3.8) is 0 Å². The molecule has 34 heavy (non-hydrogen) atoms. The minimum Gasteiger partial charge on any atom is -0.478 e. The number of hydrogen-bond acceptors (Lipinski definition) is 5. The molecule has 0 unspecified atom stereocenters. The van der Waals surface area contributed by atoms with Gasteiger partial charge < -0.3 is 5.11 Å². The fraction of sp³-hybridized carbons (Fsp3) is 0.160. The minimum atomic E-state index is -4.05. The molecule has 3 rings (SSSR count). The molecule has 0 radical (unpaired) electrons. The van der Waals surface area contributed by atoms with Gasteiger partial charge in [0.2, 0.25) is 0 Å². The van der Waals surface area contributed by atoms with E-state index in [2.05, 4.69) is 10.5 Å². The van der Waals surface area contributed by atoms with Gasteiger partial charge >= 0.3 is 5.97 Å². The third-order valence-corrected chi connectivity index (χ3v) is 6.90. The number of carbonyl (C=O) groups is 2. The van der Waals surface area contributed by atoms with Gasteiger partial charge in [-0.15, -0.1) is 0 Å². The average Bonchev–Trinajstić information content (AvgIpc) is 2.83. The molecule has 0 heterocycles. The Morgan fingerprint density at radius 2 is 1.65 bits per heavy atom. The standard InChI is InChI=1S/C25H25N3O5S/c1-3-19-8-5-7-11-23(19)28(34(32,33)21-14-12-18(2)13-15-21)17-24(29)27-26-16-20-9-4-6-10-22(20)25(30)31/h4-16H,3,17H2,1-2H3,(H,27,29)(H,30,31)/b26-16-. The summed E-state index contributed by atoms with van der Waals surface area (Å²) >= 11 is 0. The number of amides is 1. The summed E-state index contributed by atoms with van der Waals surface area (Å²) in [6, 6.07) is 19.6. The lowest BCUT2D eigenvalue weighted by atomic mass is 10.1. The van der Waals surface area contributed by atoms with Gasteiger partial charge in [0.1, 0.15) is 6.54 Å². The van der Waals surface area contributed by atoms with E-state index in [4.69, 9.17) is 0 Å². The van der Waals surface area contributed by atoms with Crippen LogP contribution in [0.4, 0.5) is 5.69 Å². The minimum absolute atomic E-state index is 0.0287. The number of hydrogen-bond donors (Lipinski definition) is 2. The lowest BCUT2D eigenvalue weighted by molar-refractivity contribution is -0.119. The molecule has 0 fully saturated rings. The van der Waals surface area contributed by atoms with E-state index >= 15 is 0 Å². The number of aromatic carboxylic acids is 1. The number of aryl methyl sites for hydroxylation is 2. The molecular weight excluding hydrogens is 454 g/mol. The van der Waals surface area contributed by atoms with Gasteiger partial charge in [0.15, 0.2) is 0 Å². The lowest BCUT2D eigenvalue weighted by Crippen LogP contribution is -2.40. The van der Waals surface area contributed by atoms with Crippen molar-refractivity contribution in [3.05, 3.63) is 95.1 Å². The van der Waals surface area contributed by atoms with Crippen molar-refractivity contribution in [1.29, 1.82) is 0 Å². The fourth-order valence-corrected chi connectivity index (χ4v) is 4.79. The summed E-state index contributed by atoms with van der Waals surface area (Å²) in [7, 11) is -4.05. The van der Waals surface area contributed by atoms with Crippen LogP contribution in [0.1, 0.15) is 34.0 Å². The number of anilines is 1. The van der Waals surface area contributed by atoms with E-state index < -0.39 is 28.4 Å². The normalized spacial score (nSPS) is 11.4. The second-order valence-corrected chi connectivity index (χ2v) is 9.35. The Morgan fingerprint density at radius 3 is 2.32 bits per heavy atom. The first kappa shape index (κ1) is 24.7. The number of nitrogens with one attached hydrogen (secondary N) is 1. The summed E-state index contributed by atoms with van der Waals surface area (Å²) in [5, 5.41) is 13.1. The van der Waals surface area contributed by atoms with Crippen molar-refractivity contribution >= 4 is 33.8 Å². The van der Waals surface area contributed by atoms with Gasteiger partial charge in [-0.3, -0.25) is 9.10 Å². The van der Waals surface area contributed by atoms with Crippen LogP contribution in [0.5, 0.6) is 0 Å². The number of para-hydroxylation sites is 1. The van der Waals surface area contributed by atoms with Gasteiger partial charge in [0.25, 0.3) is 15.9 Å². The quantitative estimate of drug-likeness (QED) is 0.359. The van der Waals surface area contributed by atoms with Crippen LogP contribution in [0.3, 0.4) is 0 Å². The van der Waals surface area contributed by atoms with Crippen molar-refractivity contribution in [2.45, 2.75) is 25.2 Å². The van der Waals surface area contributed by atoms with Crippen LogP contribution in [0, 0.1) is 6.92 Å². The molecule has 2 N–H and O–H groups in total. The summed E-state index contributed by atoms with van der Waals surface area (Å²) in [6.45, 7) is 3.25. The Labute approximate surface area is 198 Å². The van der Waals surface area contributed by atoms with E-state index in [1.165, 1.54) is 24.4 Å². The summed E-state index contributed by atoms with van der Waals surface area (Å²) in [4.78, 5) is 24.1. The Hall–Kier alpha value is -3.98. The maximum absolute atomic E-state index is 13.5. The van der Waals surface area contributed by atoms with E-state index in [1.54, 1.807) is 42.5 Å². The summed E-state index contributed by atoms with van der Waals surface area (Å²) in [6.07, 6.45) is 1.78. The van der Waals surface area contributed by atoms with Crippen molar-refractivity contribution in [2.24, 2.45) is 5.10 Å². The molecule has 0 bridgehead atoms. The van der Waals surface area contributed by atoms with E-state index in [1.807, 2.05) is 26.0 Å². The lowest BCUT2D eigenvalue weighted by Gasteiger charge is -2.25. The molecule has 0 atom stereocenters. The zero-order valence-corrected chi connectivity index (χ0v) is 19.6. The van der Waals surface area contributed by atoms with Crippen LogP contribution in [0.25, 0.3) is 0 Å². The number of carbonyl (C=O) groups excluding carboxylic acids is 1. The predicted octanol–water partition coefficient (Wildman–Crippen LogP) is 3.60. The van der Waals surface area contributed by atoms with Crippen molar-refractivity contribution < 1.29 is 23.1 Å². The molecule has 0 saturated carbocycles. The number of rotatable bonds is 9.